The first-order chi connectivity index (χ1) is 17.4. The molecule has 184 valence electrons. The van der Waals surface area contributed by atoms with E-state index < -0.39 is 34.6 Å². The fraction of sp³-hybridized carbons (Fsp3) is 0.200. The number of hydrogen-bond donors (Lipinski definition) is 0. The second kappa shape index (κ2) is 11.3. The summed E-state index contributed by atoms with van der Waals surface area (Å²) in [5.41, 5.74) is 1.39. The van der Waals surface area contributed by atoms with Gasteiger partial charge in [0.25, 0.3) is 0 Å². The highest BCUT2D eigenvalue weighted by molar-refractivity contribution is 5.84. The maximum atomic E-state index is 14.6. The van der Waals surface area contributed by atoms with Gasteiger partial charge in [0.1, 0.15) is 17.4 Å². The Labute approximate surface area is 206 Å². The molecule has 4 aromatic rings. The van der Waals surface area contributed by atoms with Gasteiger partial charge in [0.15, 0.2) is 17.5 Å². The minimum absolute atomic E-state index is 0.0926. The summed E-state index contributed by atoms with van der Waals surface area (Å²) in [5, 5.41) is -0.0186. The molecule has 0 heterocycles. The monoisotopic (exact) mass is 494 g/mol. The molecule has 0 N–H and O–H groups in total. The van der Waals surface area contributed by atoms with Gasteiger partial charge in [-0.05, 0) is 78.2 Å². The summed E-state index contributed by atoms with van der Waals surface area (Å²) in [5.74, 6) is 0.0888. The molecular weight excluding hydrogens is 471 g/mol. The molecule has 0 aliphatic heterocycles. The predicted octanol–water partition coefficient (Wildman–Crippen LogP) is 7.90. The lowest BCUT2D eigenvalue weighted by atomic mass is 10.0. The van der Waals surface area contributed by atoms with Crippen molar-refractivity contribution in [2.45, 2.75) is 32.6 Å². The number of fused-ring (bicyclic) bond motifs is 1. The molecule has 0 unspecified atom stereocenters. The van der Waals surface area contributed by atoms with Gasteiger partial charge in [-0.25, -0.2) is 22.0 Å². The molecule has 4 rings (SSSR count). The van der Waals surface area contributed by atoms with Crippen molar-refractivity contribution in [2.24, 2.45) is 0 Å². The van der Waals surface area contributed by atoms with Gasteiger partial charge >= 0.3 is 0 Å². The first-order valence-electron chi connectivity index (χ1n) is 11.6. The van der Waals surface area contributed by atoms with E-state index in [-0.39, 0.29) is 16.3 Å². The molecule has 0 fully saturated rings. The van der Waals surface area contributed by atoms with Crippen LogP contribution in [-0.4, -0.2) is 6.61 Å². The summed E-state index contributed by atoms with van der Waals surface area (Å²) in [6.45, 7) is 2.76. The summed E-state index contributed by atoms with van der Waals surface area (Å²) in [6.07, 6.45) is 3.09. The highest BCUT2D eigenvalue weighted by atomic mass is 19.2. The first-order valence-corrected chi connectivity index (χ1v) is 11.6. The van der Waals surface area contributed by atoms with Gasteiger partial charge in [0.05, 0.1) is 12.2 Å². The van der Waals surface area contributed by atoms with Crippen LogP contribution in [0, 0.1) is 40.9 Å². The lowest BCUT2D eigenvalue weighted by Crippen LogP contribution is -1.98. The molecule has 0 aliphatic carbocycles. The second-order valence-corrected chi connectivity index (χ2v) is 8.45. The van der Waals surface area contributed by atoms with Gasteiger partial charge in [-0.2, -0.15) is 0 Å². The van der Waals surface area contributed by atoms with E-state index >= 15 is 0 Å². The van der Waals surface area contributed by atoms with E-state index in [1.165, 1.54) is 30.3 Å². The number of ether oxygens (including phenoxy) is 1. The van der Waals surface area contributed by atoms with E-state index in [4.69, 9.17) is 4.74 Å². The summed E-state index contributed by atoms with van der Waals surface area (Å²) in [6, 6.07) is 14.9. The normalized spacial score (nSPS) is 10.8. The van der Waals surface area contributed by atoms with Gasteiger partial charge in [-0.3, -0.25) is 0 Å². The highest BCUT2D eigenvalue weighted by Gasteiger charge is 2.14. The van der Waals surface area contributed by atoms with Crippen LogP contribution in [0.3, 0.4) is 0 Å². The van der Waals surface area contributed by atoms with Gasteiger partial charge in [-0.15, -0.1) is 0 Å². The van der Waals surface area contributed by atoms with Crippen molar-refractivity contribution in [3.05, 3.63) is 112 Å². The molecule has 0 aromatic heterocycles. The second-order valence-electron chi connectivity index (χ2n) is 8.45. The average Bonchev–Trinajstić information content (AvgIpc) is 2.86. The quantitative estimate of drug-likeness (QED) is 0.110. The predicted molar refractivity (Wildman–Crippen MR) is 130 cm³/mol. The van der Waals surface area contributed by atoms with E-state index in [0.717, 1.165) is 30.2 Å². The lowest BCUT2D eigenvalue weighted by Gasteiger charge is -2.08. The number of hydrogen-bond acceptors (Lipinski definition) is 1. The molecule has 0 saturated carbocycles. The summed E-state index contributed by atoms with van der Waals surface area (Å²) in [4.78, 5) is 0. The van der Waals surface area contributed by atoms with E-state index in [9.17, 15) is 22.0 Å². The molecule has 0 atom stereocenters. The third-order valence-electron chi connectivity index (χ3n) is 5.80. The van der Waals surface area contributed by atoms with Crippen LogP contribution in [0.15, 0.2) is 60.7 Å². The molecule has 0 spiro atoms. The van der Waals surface area contributed by atoms with Crippen molar-refractivity contribution >= 4 is 10.8 Å². The largest absolute Gasteiger partial charge is 0.494 e. The van der Waals surface area contributed by atoms with Gasteiger partial charge in [0, 0.05) is 10.9 Å². The van der Waals surface area contributed by atoms with Crippen LogP contribution < -0.4 is 4.74 Å². The molecule has 36 heavy (non-hydrogen) atoms. The van der Waals surface area contributed by atoms with Crippen molar-refractivity contribution in [3.8, 4) is 17.6 Å². The van der Waals surface area contributed by atoms with Crippen molar-refractivity contribution in [2.75, 3.05) is 6.61 Å². The Morgan fingerprint density at radius 3 is 2.08 bits per heavy atom. The smallest absolute Gasteiger partial charge is 0.195 e. The SMILES string of the molecule is CCCCOc1ccc(CCc2cc(F)c(C#Cc3ccc4c(F)c(F)c(F)cc4c3)c(F)c2)cc1. The van der Waals surface area contributed by atoms with Gasteiger partial charge in [0.2, 0.25) is 0 Å². The number of benzene rings is 4. The van der Waals surface area contributed by atoms with Crippen molar-refractivity contribution < 1.29 is 26.7 Å². The standard InChI is InChI=1S/C30H23F5O/c1-2-3-14-36-23-10-6-19(7-11-23)4-5-21-16-26(31)25(27(32)17-21)13-9-20-8-12-24-22(15-20)18-28(33)30(35)29(24)34/h6-8,10-12,15-18H,2-5,14H2,1H3. The molecular formula is C30H23F5O. The van der Waals surface area contributed by atoms with Crippen LogP contribution in [0.4, 0.5) is 22.0 Å². The fourth-order valence-corrected chi connectivity index (χ4v) is 3.78. The minimum atomic E-state index is -1.56. The van der Waals surface area contributed by atoms with E-state index in [2.05, 4.69) is 18.8 Å². The number of halogens is 5. The molecule has 0 aliphatic rings. The molecule has 0 radical (unpaired) electrons. The molecule has 1 nitrogen and oxygen atoms in total. The Balaban J connectivity index is 1.46. The Morgan fingerprint density at radius 2 is 1.39 bits per heavy atom. The van der Waals surface area contributed by atoms with Crippen LogP contribution in [0.1, 0.15) is 42.0 Å². The van der Waals surface area contributed by atoms with E-state index in [1.54, 1.807) is 0 Å². The zero-order valence-electron chi connectivity index (χ0n) is 19.6. The van der Waals surface area contributed by atoms with Crippen LogP contribution >= 0.6 is 0 Å². The first kappa shape index (κ1) is 25.2. The summed E-state index contributed by atoms with van der Waals surface area (Å²) >= 11 is 0. The Bertz CT molecular complexity index is 1430. The molecule has 0 saturated heterocycles. The number of rotatable bonds is 7. The van der Waals surface area contributed by atoms with Gasteiger partial charge < -0.3 is 4.74 Å². The van der Waals surface area contributed by atoms with Crippen LogP contribution in [0.25, 0.3) is 10.8 Å². The van der Waals surface area contributed by atoms with Crippen LogP contribution in [0.5, 0.6) is 5.75 Å². The lowest BCUT2D eigenvalue weighted by molar-refractivity contribution is 0.309. The Kier molecular flexibility index (Phi) is 7.90. The Hall–Kier alpha value is -3.85. The van der Waals surface area contributed by atoms with Crippen LogP contribution in [0.2, 0.25) is 0 Å². The minimum Gasteiger partial charge on any atom is -0.494 e. The molecule has 4 aromatic carbocycles. The third-order valence-corrected chi connectivity index (χ3v) is 5.80. The zero-order chi connectivity index (χ0) is 25.7. The molecule has 0 amide bonds. The van der Waals surface area contributed by atoms with Crippen LogP contribution in [-0.2, 0) is 12.8 Å². The highest BCUT2D eigenvalue weighted by Crippen LogP contribution is 2.24. The zero-order valence-corrected chi connectivity index (χ0v) is 19.6. The van der Waals surface area contributed by atoms with Crippen molar-refractivity contribution in [1.82, 2.24) is 0 Å². The van der Waals surface area contributed by atoms with Crippen molar-refractivity contribution in [3.63, 3.8) is 0 Å². The topological polar surface area (TPSA) is 9.23 Å². The van der Waals surface area contributed by atoms with Crippen molar-refractivity contribution in [1.29, 1.82) is 0 Å². The third kappa shape index (κ3) is 5.85. The molecule has 6 heteroatoms. The average molecular weight is 495 g/mol. The number of aryl methyl sites for hydroxylation is 2. The maximum absolute atomic E-state index is 14.6. The maximum Gasteiger partial charge on any atom is 0.195 e. The van der Waals surface area contributed by atoms with Gasteiger partial charge in [-0.1, -0.05) is 43.4 Å². The fourth-order valence-electron chi connectivity index (χ4n) is 3.78. The number of unbranched alkanes of at least 4 members (excludes halogenated alkanes) is 1. The van der Waals surface area contributed by atoms with E-state index in [0.29, 0.717) is 25.0 Å². The summed E-state index contributed by atoms with van der Waals surface area (Å²) in [7, 11) is 0. The Morgan fingerprint density at radius 1 is 0.694 bits per heavy atom. The summed E-state index contributed by atoms with van der Waals surface area (Å²) < 4.78 is 75.7. The van der Waals surface area contributed by atoms with E-state index in [1.807, 2.05) is 24.3 Å². The molecule has 0 bridgehead atoms.